The van der Waals surface area contributed by atoms with E-state index in [4.69, 9.17) is 0 Å². The van der Waals surface area contributed by atoms with Gasteiger partial charge in [0.25, 0.3) is 0 Å². The van der Waals surface area contributed by atoms with Crippen molar-refractivity contribution in [2.45, 2.75) is 6.04 Å². The number of fused-ring (bicyclic) bond motifs is 2. The second kappa shape index (κ2) is 8.90. The molecule has 0 aromatic heterocycles. The predicted molar refractivity (Wildman–Crippen MR) is 144 cm³/mol. The number of hydrogen-bond acceptors (Lipinski definition) is 1. The van der Waals surface area contributed by atoms with Gasteiger partial charge in [-0.2, -0.15) is 4.79 Å². The molecule has 0 saturated heterocycles. The summed E-state index contributed by atoms with van der Waals surface area (Å²) >= 11 is 0. The van der Waals surface area contributed by atoms with Crippen LogP contribution in [0.25, 0.3) is 27.4 Å². The first-order chi connectivity index (χ1) is 17.3. The topological polar surface area (TPSA) is 48.4 Å². The van der Waals surface area contributed by atoms with Crippen molar-refractivity contribution in [1.29, 1.82) is 0 Å². The van der Waals surface area contributed by atoms with E-state index in [1.54, 1.807) is 0 Å². The van der Waals surface area contributed by atoms with E-state index < -0.39 is 0 Å². The summed E-state index contributed by atoms with van der Waals surface area (Å²) in [5.41, 5.74) is 18.4. The lowest BCUT2D eigenvalue weighted by molar-refractivity contribution is -0.00637. The van der Waals surface area contributed by atoms with Gasteiger partial charge < -0.3 is 10.8 Å². The molecule has 0 saturated carbocycles. The minimum absolute atomic E-state index is 0.329. The van der Waals surface area contributed by atoms with E-state index in [2.05, 4.69) is 82.9 Å². The molecule has 0 radical (unpaired) electrons. The molecule has 1 unspecified atom stereocenters. The van der Waals surface area contributed by atoms with Crippen LogP contribution in [-0.2, 0) is 0 Å². The molecule has 0 aliphatic heterocycles. The van der Waals surface area contributed by atoms with Crippen molar-refractivity contribution in [1.82, 2.24) is 0 Å². The third-order valence-electron chi connectivity index (χ3n) is 6.64. The summed E-state index contributed by atoms with van der Waals surface area (Å²) in [6, 6.07) is 43.2. The Balaban J connectivity index is 1.62. The molecule has 3 heteroatoms. The first-order valence-corrected chi connectivity index (χ1v) is 11.8. The first-order valence-electron chi connectivity index (χ1n) is 11.8. The van der Waals surface area contributed by atoms with Gasteiger partial charge in [0.1, 0.15) is 0 Å². The normalized spacial score (nSPS) is 15.0. The van der Waals surface area contributed by atoms with Gasteiger partial charge in [-0.1, -0.05) is 121 Å². The fourth-order valence-electron chi connectivity index (χ4n) is 5.09. The monoisotopic (exact) mass is 449 g/mol. The number of nitrogens with one attached hydrogen (secondary N) is 1. The fourth-order valence-corrected chi connectivity index (χ4v) is 5.09. The third-order valence-corrected chi connectivity index (χ3v) is 6.64. The van der Waals surface area contributed by atoms with Crippen LogP contribution >= 0.6 is 0 Å². The molecule has 0 heterocycles. The molecule has 6 rings (SSSR count). The standard InChI is InChI=1S/C32H23N3/c33-35-32-30(24-15-5-2-6-16-24)29(23-13-3-1-4-14-23)26-19-9-10-20-27(26)31(32)34-28-21-11-17-22-12-7-8-18-25(22)28/h1-21,31,34H. The molecule has 0 spiro atoms. The molecule has 0 bridgehead atoms. The maximum atomic E-state index is 10.5. The summed E-state index contributed by atoms with van der Waals surface area (Å²) in [6.45, 7) is 0. The zero-order valence-corrected chi connectivity index (χ0v) is 19.1. The van der Waals surface area contributed by atoms with E-state index in [1.165, 1.54) is 0 Å². The maximum absolute atomic E-state index is 10.5. The van der Waals surface area contributed by atoms with Crippen LogP contribution in [0.4, 0.5) is 5.69 Å². The van der Waals surface area contributed by atoms with Crippen LogP contribution in [0, 0.1) is 0 Å². The lowest BCUT2D eigenvalue weighted by Crippen LogP contribution is -2.28. The van der Waals surface area contributed by atoms with Crippen molar-refractivity contribution >= 4 is 33.3 Å². The minimum Gasteiger partial charge on any atom is -0.368 e. The van der Waals surface area contributed by atoms with Crippen LogP contribution in [0.1, 0.15) is 28.3 Å². The van der Waals surface area contributed by atoms with Gasteiger partial charge in [0, 0.05) is 16.6 Å². The van der Waals surface area contributed by atoms with Crippen LogP contribution in [0.15, 0.2) is 127 Å². The Bertz CT molecular complexity index is 1610. The van der Waals surface area contributed by atoms with Crippen LogP contribution in [0.5, 0.6) is 0 Å². The van der Waals surface area contributed by atoms with E-state index >= 15 is 0 Å². The molecule has 166 valence electrons. The summed E-state index contributed by atoms with van der Waals surface area (Å²) < 4.78 is 0. The summed E-state index contributed by atoms with van der Waals surface area (Å²) in [7, 11) is 0. The lowest BCUT2D eigenvalue weighted by atomic mass is 9.76. The Morgan fingerprint density at radius 3 is 1.91 bits per heavy atom. The zero-order valence-electron chi connectivity index (χ0n) is 19.1. The van der Waals surface area contributed by atoms with Crippen molar-refractivity contribution in [3.63, 3.8) is 0 Å². The van der Waals surface area contributed by atoms with Crippen LogP contribution in [-0.4, -0.2) is 10.5 Å². The second-order valence-electron chi connectivity index (χ2n) is 8.66. The highest BCUT2D eigenvalue weighted by Gasteiger charge is 2.39. The number of benzene rings is 5. The van der Waals surface area contributed by atoms with E-state index in [9.17, 15) is 5.53 Å². The lowest BCUT2D eigenvalue weighted by Gasteiger charge is -2.29. The van der Waals surface area contributed by atoms with Gasteiger partial charge in [0.05, 0.1) is 5.57 Å². The predicted octanol–water partition coefficient (Wildman–Crippen LogP) is 7.64. The van der Waals surface area contributed by atoms with E-state index in [1.807, 2.05) is 54.6 Å². The van der Waals surface area contributed by atoms with Gasteiger partial charge in [0.15, 0.2) is 6.04 Å². The summed E-state index contributed by atoms with van der Waals surface area (Å²) in [5, 5.41) is 6.02. The van der Waals surface area contributed by atoms with Crippen molar-refractivity contribution in [2.75, 3.05) is 5.32 Å². The van der Waals surface area contributed by atoms with Crippen molar-refractivity contribution in [2.24, 2.45) is 0 Å². The highest BCUT2D eigenvalue weighted by molar-refractivity contribution is 6.34. The van der Waals surface area contributed by atoms with Crippen LogP contribution in [0.2, 0.25) is 0 Å². The summed E-state index contributed by atoms with van der Waals surface area (Å²) in [6.07, 6.45) is 0. The van der Waals surface area contributed by atoms with Crippen LogP contribution in [0.3, 0.4) is 0 Å². The van der Waals surface area contributed by atoms with Gasteiger partial charge in [-0.3, -0.25) is 0 Å². The molecule has 3 nitrogen and oxygen atoms in total. The van der Waals surface area contributed by atoms with Gasteiger partial charge in [-0.05, 0) is 33.7 Å². The molecule has 35 heavy (non-hydrogen) atoms. The first kappa shape index (κ1) is 20.9. The van der Waals surface area contributed by atoms with Crippen LogP contribution < -0.4 is 5.32 Å². The summed E-state index contributed by atoms with van der Waals surface area (Å²) in [4.78, 5) is 3.93. The molecule has 5 aromatic carbocycles. The third kappa shape index (κ3) is 3.65. The highest BCUT2D eigenvalue weighted by atomic mass is 15.0. The average molecular weight is 450 g/mol. The molecule has 0 amide bonds. The van der Waals surface area contributed by atoms with E-state index in [0.29, 0.717) is 5.71 Å². The van der Waals surface area contributed by atoms with E-state index in [0.717, 1.165) is 49.9 Å². The quantitative estimate of drug-likeness (QED) is 0.222. The number of anilines is 1. The molecule has 1 N–H and O–H groups in total. The molecule has 5 aromatic rings. The largest absolute Gasteiger partial charge is 0.368 e. The molecule has 0 fully saturated rings. The molecule has 1 aliphatic rings. The van der Waals surface area contributed by atoms with Crippen molar-refractivity contribution in [3.8, 4) is 0 Å². The Labute approximate surface area is 204 Å². The number of nitrogens with zero attached hydrogens (tertiary/aromatic N) is 2. The highest BCUT2D eigenvalue weighted by Crippen LogP contribution is 2.44. The van der Waals surface area contributed by atoms with E-state index in [-0.39, 0.29) is 6.04 Å². The molecule has 1 aliphatic carbocycles. The summed E-state index contributed by atoms with van der Waals surface area (Å²) in [5.74, 6) is 0. The minimum atomic E-state index is -0.329. The Hall–Kier alpha value is -4.72. The number of rotatable bonds is 4. The molecule has 1 atom stereocenters. The molecular weight excluding hydrogens is 426 g/mol. The van der Waals surface area contributed by atoms with Gasteiger partial charge in [0.2, 0.25) is 0 Å². The smallest absolute Gasteiger partial charge is 0.326 e. The van der Waals surface area contributed by atoms with Gasteiger partial charge >= 0.3 is 5.71 Å². The van der Waals surface area contributed by atoms with Gasteiger partial charge in [-0.15, -0.1) is 0 Å². The van der Waals surface area contributed by atoms with Crippen molar-refractivity contribution in [3.05, 3.63) is 155 Å². The Morgan fingerprint density at radius 2 is 1.17 bits per heavy atom. The SMILES string of the molecule is [N-]=[N+]=C1C(c2ccccc2)=C(c2ccccc2)c2ccccc2C1Nc1cccc2ccccc12. The number of hydrogen-bond donors (Lipinski definition) is 1. The Kier molecular flexibility index (Phi) is 5.31. The van der Waals surface area contributed by atoms with Crippen molar-refractivity contribution < 1.29 is 4.79 Å². The maximum Gasteiger partial charge on any atom is 0.326 e. The zero-order chi connectivity index (χ0) is 23.6. The fraction of sp³-hybridized carbons (Fsp3) is 0.0312. The molecular formula is C32H23N3. The second-order valence-corrected chi connectivity index (χ2v) is 8.66. The Morgan fingerprint density at radius 1 is 0.571 bits per heavy atom. The van der Waals surface area contributed by atoms with Gasteiger partial charge in [-0.25, -0.2) is 0 Å². The average Bonchev–Trinajstić information content (AvgIpc) is 2.94.